The van der Waals surface area contributed by atoms with Crippen molar-refractivity contribution < 1.29 is 4.74 Å². The van der Waals surface area contributed by atoms with Crippen LogP contribution in [0.4, 0.5) is 0 Å². The molecule has 0 saturated carbocycles. The zero-order chi connectivity index (χ0) is 16.2. The van der Waals surface area contributed by atoms with Crippen LogP contribution in [0.1, 0.15) is 50.4 Å². The highest BCUT2D eigenvalue weighted by atomic mass is 16.5. The fourth-order valence-corrected chi connectivity index (χ4v) is 4.03. The first-order valence-corrected chi connectivity index (χ1v) is 8.64. The van der Waals surface area contributed by atoms with E-state index in [4.69, 9.17) is 4.74 Å². The van der Waals surface area contributed by atoms with Gasteiger partial charge < -0.3 is 14.6 Å². The van der Waals surface area contributed by atoms with Crippen LogP contribution in [-0.4, -0.2) is 17.7 Å². The van der Waals surface area contributed by atoms with Gasteiger partial charge >= 0.3 is 0 Å². The lowest BCUT2D eigenvalue weighted by atomic mass is 9.78. The second-order valence-corrected chi connectivity index (χ2v) is 8.02. The van der Waals surface area contributed by atoms with Crippen molar-refractivity contribution in [3.8, 4) is 11.4 Å². The van der Waals surface area contributed by atoms with Gasteiger partial charge in [0.2, 0.25) is 0 Å². The average molecular weight is 310 g/mol. The molecule has 1 fully saturated rings. The Hall–Kier alpha value is -1.74. The van der Waals surface area contributed by atoms with Crippen molar-refractivity contribution in [3.63, 3.8) is 0 Å². The SMILES string of the molecule is Cc1ccc2c(c1)OC1(CCNCC1)c1c(C(C)(C)C)ccn1-2. The molecule has 4 rings (SSSR count). The molecule has 0 atom stereocenters. The second-order valence-electron chi connectivity index (χ2n) is 8.02. The maximum atomic E-state index is 6.70. The maximum absolute atomic E-state index is 6.70. The molecule has 1 saturated heterocycles. The van der Waals surface area contributed by atoms with Crippen LogP contribution in [0.25, 0.3) is 5.69 Å². The number of aryl methyl sites for hydroxylation is 1. The summed E-state index contributed by atoms with van der Waals surface area (Å²) in [5.74, 6) is 1.02. The van der Waals surface area contributed by atoms with E-state index < -0.39 is 0 Å². The van der Waals surface area contributed by atoms with Gasteiger partial charge in [-0.2, -0.15) is 0 Å². The largest absolute Gasteiger partial charge is 0.479 e. The molecular formula is C20H26N2O. The van der Waals surface area contributed by atoms with E-state index in [1.165, 1.54) is 22.5 Å². The number of rotatable bonds is 0. The van der Waals surface area contributed by atoms with E-state index in [9.17, 15) is 0 Å². The monoisotopic (exact) mass is 310 g/mol. The maximum Gasteiger partial charge on any atom is 0.152 e. The lowest BCUT2D eigenvalue weighted by Gasteiger charge is -2.44. The molecule has 2 aliphatic heterocycles. The highest BCUT2D eigenvalue weighted by molar-refractivity contribution is 5.56. The first-order chi connectivity index (χ1) is 10.9. The van der Waals surface area contributed by atoms with Crippen LogP contribution in [-0.2, 0) is 11.0 Å². The molecule has 3 heterocycles. The minimum absolute atomic E-state index is 0.115. The van der Waals surface area contributed by atoms with Gasteiger partial charge in [-0.3, -0.25) is 0 Å². The summed E-state index contributed by atoms with van der Waals surface area (Å²) in [6.45, 7) is 11.0. The van der Waals surface area contributed by atoms with Crippen LogP contribution < -0.4 is 10.1 Å². The number of nitrogens with zero attached hydrogens (tertiary/aromatic N) is 1. The normalized spacial score (nSPS) is 19.1. The Balaban J connectivity index is 1.98. The highest BCUT2D eigenvalue weighted by Crippen LogP contribution is 2.48. The topological polar surface area (TPSA) is 26.2 Å². The summed E-state index contributed by atoms with van der Waals surface area (Å²) in [4.78, 5) is 0. The number of benzene rings is 1. The van der Waals surface area contributed by atoms with Gasteiger partial charge in [0.15, 0.2) is 5.60 Å². The van der Waals surface area contributed by atoms with Crippen LogP contribution in [0.2, 0.25) is 0 Å². The molecule has 1 aromatic heterocycles. The van der Waals surface area contributed by atoms with Gasteiger partial charge in [-0.05, 0) is 54.8 Å². The quantitative estimate of drug-likeness (QED) is 0.794. The Morgan fingerprint density at radius 2 is 1.87 bits per heavy atom. The van der Waals surface area contributed by atoms with Crippen LogP contribution in [0.5, 0.6) is 5.75 Å². The predicted molar refractivity (Wildman–Crippen MR) is 93.6 cm³/mol. The number of aromatic nitrogens is 1. The van der Waals surface area contributed by atoms with E-state index in [0.717, 1.165) is 31.7 Å². The number of hydrogen-bond acceptors (Lipinski definition) is 2. The van der Waals surface area contributed by atoms with E-state index in [-0.39, 0.29) is 11.0 Å². The van der Waals surface area contributed by atoms with Gasteiger partial charge in [0.1, 0.15) is 5.75 Å². The molecule has 3 nitrogen and oxygen atoms in total. The van der Waals surface area contributed by atoms with Crippen molar-refractivity contribution >= 4 is 0 Å². The summed E-state index contributed by atoms with van der Waals surface area (Å²) >= 11 is 0. The molecule has 3 heteroatoms. The molecule has 0 aliphatic carbocycles. The second kappa shape index (κ2) is 4.88. The van der Waals surface area contributed by atoms with Gasteiger partial charge in [-0.25, -0.2) is 0 Å². The summed E-state index contributed by atoms with van der Waals surface area (Å²) in [5, 5.41) is 3.48. The molecule has 0 amide bonds. The number of nitrogens with one attached hydrogen (secondary N) is 1. The number of ether oxygens (including phenoxy) is 1. The Bertz CT molecular complexity index is 745. The van der Waals surface area contributed by atoms with E-state index in [0.29, 0.717) is 0 Å². The average Bonchev–Trinajstić information content (AvgIpc) is 2.94. The standard InChI is InChI=1S/C20H26N2O/c1-14-5-6-16-17(13-14)23-20(8-10-21-11-9-20)18-15(19(2,3)4)7-12-22(16)18/h5-7,12-13,21H,8-11H2,1-4H3. The third-order valence-electron chi connectivity index (χ3n) is 5.22. The van der Waals surface area contributed by atoms with Gasteiger partial charge in [-0.1, -0.05) is 26.8 Å². The zero-order valence-corrected chi connectivity index (χ0v) is 14.6. The first kappa shape index (κ1) is 14.8. The van der Waals surface area contributed by atoms with Crippen molar-refractivity contribution in [1.29, 1.82) is 0 Å². The van der Waals surface area contributed by atoms with Crippen LogP contribution in [0.3, 0.4) is 0 Å². The number of fused-ring (bicyclic) bond motifs is 4. The van der Waals surface area contributed by atoms with Gasteiger partial charge in [0, 0.05) is 19.0 Å². The molecule has 23 heavy (non-hydrogen) atoms. The van der Waals surface area contributed by atoms with Gasteiger partial charge in [0.05, 0.1) is 11.4 Å². The fourth-order valence-electron chi connectivity index (χ4n) is 4.03. The molecule has 1 spiro atoms. The number of hydrogen-bond donors (Lipinski definition) is 1. The summed E-state index contributed by atoms with van der Waals surface area (Å²) < 4.78 is 9.08. The van der Waals surface area contributed by atoms with Crippen molar-refractivity contribution in [3.05, 3.63) is 47.3 Å². The van der Waals surface area contributed by atoms with E-state index >= 15 is 0 Å². The minimum atomic E-state index is -0.196. The van der Waals surface area contributed by atoms with Gasteiger partial charge in [0.25, 0.3) is 0 Å². The van der Waals surface area contributed by atoms with Crippen molar-refractivity contribution in [2.24, 2.45) is 0 Å². The van der Waals surface area contributed by atoms with Gasteiger partial charge in [-0.15, -0.1) is 0 Å². The molecule has 0 unspecified atom stereocenters. The number of piperidine rings is 1. The van der Waals surface area contributed by atoms with Crippen molar-refractivity contribution in [2.75, 3.05) is 13.1 Å². The fraction of sp³-hybridized carbons (Fsp3) is 0.500. The summed E-state index contributed by atoms with van der Waals surface area (Å²) in [7, 11) is 0. The molecule has 1 N–H and O–H groups in total. The van der Waals surface area contributed by atoms with Crippen molar-refractivity contribution in [2.45, 2.75) is 51.6 Å². The molecule has 1 aromatic carbocycles. The van der Waals surface area contributed by atoms with Crippen LogP contribution >= 0.6 is 0 Å². The molecule has 122 valence electrons. The smallest absolute Gasteiger partial charge is 0.152 e. The summed E-state index contributed by atoms with van der Waals surface area (Å²) in [5.41, 5.74) is 5.11. The molecule has 0 bridgehead atoms. The van der Waals surface area contributed by atoms with E-state index in [1.54, 1.807) is 0 Å². The van der Waals surface area contributed by atoms with Crippen LogP contribution in [0.15, 0.2) is 30.5 Å². The molecule has 0 radical (unpaired) electrons. The Morgan fingerprint density at radius 1 is 1.13 bits per heavy atom. The predicted octanol–water partition coefficient (Wildman–Crippen LogP) is 4.05. The van der Waals surface area contributed by atoms with E-state index in [1.807, 2.05) is 0 Å². The highest BCUT2D eigenvalue weighted by Gasteiger charge is 2.45. The summed E-state index contributed by atoms with van der Waals surface area (Å²) in [6.07, 6.45) is 4.28. The molecule has 2 aliphatic rings. The zero-order valence-electron chi connectivity index (χ0n) is 14.6. The lowest BCUT2D eigenvalue weighted by molar-refractivity contribution is 0.0185. The Labute approximate surface area is 138 Å². The first-order valence-electron chi connectivity index (χ1n) is 8.64. The lowest BCUT2D eigenvalue weighted by Crippen LogP contribution is -2.48. The molecular weight excluding hydrogens is 284 g/mol. The third kappa shape index (κ3) is 2.21. The summed E-state index contributed by atoms with van der Waals surface area (Å²) in [6, 6.07) is 8.83. The molecule has 2 aromatic rings. The Kier molecular flexibility index (Phi) is 3.14. The third-order valence-corrected chi connectivity index (χ3v) is 5.22. The van der Waals surface area contributed by atoms with Crippen molar-refractivity contribution in [1.82, 2.24) is 9.88 Å². The van der Waals surface area contributed by atoms with Crippen LogP contribution in [0, 0.1) is 6.92 Å². The van der Waals surface area contributed by atoms with E-state index in [2.05, 4.69) is 68.0 Å². The minimum Gasteiger partial charge on any atom is -0.479 e. The Morgan fingerprint density at radius 3 is 2.57 bits per heavy atom.